The molecule has 6 rings (SSSR count). The maximum Gasteiger partial charge on any atom is 0.195 e. The molecule has 34 heavy (non-hydrogen) atoms. The number of aliphatic hydroxyl groups is 3. The predicted molar refractivity (Wildman–Crippen MR) is 125 cm³/mol. The van der Waals surface area contributed by atoms with Gasteiger partial charge in [-0.3, -0.25) is 4.79 Å². The van der Waals surface area contributed by atoms with Crippen molar-refractivity contribution in [3.05, 3.63) is 0 Å². The van der Waals surface area contributed by atoms with Crippen LogP contribution in [0.2, 0.25) is 0 Å². The van der Waals surface area contributed by atoms with Crippen LogP contribution in [0.5, 0.6) is 0 Å². The molecule has 2 heterocycles. The first-order chi connectivity index (χ1) is 15.7. The van der Waals surface area contributed by atoms with Gasteiger partial charge in [-0.1, -0.05) is 27.7 Å². The second-order valence-electron chi connectivity index (χ2n) is 14.0. The summed E-state index contributed by atoms with van der Waals surface area (Å²) in [6, 6.07) is 0. The Morgan fingerprint density at radius 1 is 0.971 bits per heavy atom. The van der Waals surface area contributed by atoms with E-state index in [1.54, 1.807) is 6.92 Å². The van der Waals surface area contributed by atoms with E-state index in [1.807, 2.05) is 13.8 Å². The van der Waals surface area contributed by atoms with Crippen LogP contribution in [0.3, 0.4) is 0 Å². The summed E-state index contributed by atoms with van der Waals surface area (Å²) >= 11 is 0. The number of carbonyl (C=O) groups excluding carboxylic acids is 1. The minimum Gasteiger partial charge on any atom is -0.393 e. The van der Waals surface area contributed by atoms with Gasteiger partial charge in [0.2, 0.25) is 0 Å². The number of Topliss-reactive ketones (excluding diaryl/α,β-unsaturated/α-hetero) is 1. The van der Waals surface area contributed by atoms with E-state index >= 15 is 0 Å². The number of ether oxygens (including phenoxy) is 2. The van der Waals surface area contributed by atoms with Crippen LogP contribution in [0.15, 0.2) is 0 Å². The molecule has 3 N–H and O–H groups in total. The fourth-order valence-corrected chi connectivity index (χ4v) is 10.1. The lowest BCUT2D eigenvalue weighted by molar-refractivity contribution is -0.318. The summed E-state index contributed by atoms with van der Waals surface area (Å²) in [5.74, 6) is -0.919. The number of ketones is 1. The van der Waals surface area contributed by atoms with Gasteiger partial charge < -0.3 is 24.8 Å². The van der Waals surface area contributed by atoms with Gasteiger partial charge in [-0.25, -0.2) is 0 Å². The van der Waals surface area contributed by atoms with Gasteiger partial charge in [-0.2, -0.15) is 0 Å². The first-order valence-corrected chi connectivity index (χ1v) is 13.8. The van der Waals surface area contributed by atoms with E-state index in [0.717, 1.165) is 38.5 Å². The largest absolute Gasteiger partial charge is 0.393 e. The molecule has 12 atom stereocenters. The summed E-state index contributed by atoms with van der Waals surface area (Å²) in [6.45, 7) is 10.2. The quantitative estimate of drug-likeness (QED) is 0.533. The summed E-state index contributed by atoms with van der Waals surface area (Å²) in [5, 5.41) is 32.6. The highest BCUT2D eigenvalue weighted by Gasteiger charge is 2.72. The van der Waals surface area contributed by atoms with Gasteiger partial charge in [0.05, 0.1) is 12.2 Å². The van der Waals surface area contributed by atoms with Gasteiger partial charge in [0.1, 0.15) is 11.4 Å². The molecule has 6 heteroatoms. The lowest BCUT2D eigenvalue weighted by Gasteiger charge is -2.60. The molecule has 12 unspecified atom stereocenters. The molecule has 0 aromatic carbocycles. The molecule has 0 aromatic heterocycles. The number of hydrogen-bond acceptors (Lipinski definition) is 6. The standard InChI is InChI=1S/C28H44O6/c1-15(2)28(32)14-27(34-26(28,5)31)13-20-22(33-27)12-19-23-18(7-9-25(19,20)4)24(3)8-6-17(29)10-16(24)11-21(23)30/h15-20,22-23,29,31-32H,6-14H2,1-5H3. The SMILES string of the molecule is CC(C)C1(O)CC2(CC3C(CC4C5C(=O)CC6CC(O)CCC6(C)C5CCC34C)O2)OC1(C)O. The van der Waals surface area contributed by atoms with Crippen molar-refractivity contribution >= 4 is 5.78 Å². The lowest BCUT2D eigenvalue weighted by atomic mass is 9.44. The number of fused-ring (bicyclic) bond motifs is 7. The van der Waals surface area contributed by atoms with Crippen LogP contribution < -0.4 is 0 Å². The molecular formula is C28H44O6. The minimum atomic E-state index is -1.65. The van der Waals surface area contributed by atoms with Gasteiger partial charge in [0.25, 0.3) is 0 Å². The van der Waals surface area contributed by atoms with Crippen molar-refractivity contribution in [3.8, 4) is 0 Å². The third-order valence-corrected chi connectivity index (χ3v) is 12.2. The molecule has 0 radical (unpaired) electrons. The van der Waals surface area contributed by atoms with E-state index in [4.69, 9.17) is 9.47 Å². The molecule has 192 valence electrons. The van der Waals surface area contributed by atoms with E-state index in [-0.39, 0.29) is 47.2 Å². The molecule has 6 fully saturated rings. The first kappa shape index (κ1) is 23.8. The molecule has 4 aliphatic carbocycles. The van der Waals surface area contributed by atoms with E-state index in [1.165, 1.54) is 0 Å². The van der Waals surface area contributed by atoms with E-state index < -0.39 is 17.2 Å². The Balaban J connectivity index is 1.27. The summed E-state index contributed by atoms with van der Waals surface area (Å²) in [7, 11) is 0. The Hall–Kier alpha value is -0.530. The predicted octanol–water partition coefficient (Wildman–Crippen LogP) is 3.80. The van der Waals surface area contributed by atoms with Crippen molar-refractivity contribution in [3.63, 3.8) is 0 Å². The fourth-order valence-electron chi connectivity index (χ4n) is 10.1. The van der Waals surface area contributed by atoms with Gasteiger partial charge in [-0.15, -0.1) is 0 Å². The van der Waals surface area contributed by atoms with Crippen molar-refractivity contribution in [1.82, 2.24) is 0 Å². The zero-order chi connectivity index (χ0) is 24.5. The van der Waals surface area contributed by atoms with E-state index in [0.29, 0.717) is 36.4 Å². The normalized spacial score (nSPS) is 60.9. The van der Waals surface area contributed by atoms with Crippen molar-refractivity contribution < 1.29 is 29.6 Å². The lowest BCUT2D eigenvalue weighted by Crippen LogP contribution is -2.57. The molecule has 0 amide bonds. The van der Waals surface area contributed by atoms with Crippen LogP contribution >= 0.6 is 0 Å². The van der Waals surface area contributed by atoms with Crippen LogP contribution in [0.25, 0.3) is 0 Å². The Morgan fingerprint density at radius 2 is 1.68 bits per heavy atom. The Bertz CT molecular complexity index is 886. The van der Waals surface area contributed by atoms with Gasteiger partial charge in [0.15, 0.2) is 11.6 Å². The maximum atomic E-state index is 13.6. The number of hydrogen-bond donors (Lipinski definition) is 3. The topological polar surface area (TPSA) is 96.2 Å². The van der Waals surface area contributed by atoms with Crippen molar-refractivity contribution in [2.24, 2.45) is 46.3 Å². The monoisotopic (exact) mass is 476 g/mol. The molecule has 0 aromatic rings. The minimum absolute atomic E-state index is 0.00516. The number of aliphatic hydroxyl groups excluding tert-OH is 1. The summed E-state index contributed by atoms with van der Waals surface area (Å²) < 4.78 is 12.8. The fraction of sp³-hybridized carbons (Fsp3) is 0.964. The zero-order valence-electron chi connectivity index (χ0n) is 21.5. The van der Waals surface area contributed by atoms with Gasteiger partial charge in [-0.05, 0) is 85.9 Å². The highest BCUT2D eigenvalue weighted by atomic mass is 16.8. The second-order valence-corrected chi connectivity index (χ2v) is 14.0. The molecule has 4 saturated carbocycles. The van der Waals surface area contributed by atoms with Crippen LogP contribution in [-0.2, 0) is 14.3 Å². The average Bonchev–Trinajstić information content (AvgIpc) is 3.28. The van der Waals surface area contributed by atoms with Gasteiger partial charge in [0, 0.05) is 25.2 Å². The highest BCUT2D eigenvalue weighted by molar-refractivity contribution is 5.83. The van der Waals surface area contributed by atoms with Crippen LogP contribution in [0, 0.1) is 46.3 Å². The Kier molecular flexibility index (Phi) is 4.95. The molecule has 0 bridgehead atoms. The second kappa shape index (κ2) is 7.06. The van der Waals surface area contributed by atoms with Crippen LogP contribution in [-0.4, -0.2) is 50.5 Å². The summed E-state index contributed by atoms with van der Waals surface area (Å²) in [4.78, 5) is 13.6. The number of carbonyl (C=O) groups is 1. The summed E-state index contributed by atoms with van der Waals surface area (Å²) in [6.07, 6.45) is 7.02. The molecule has 2 saturated heterocycles. The van der Waals surface area contributed by atoms with Gasteiger partial charge >= 0.3 is 0 Å². The summed E-state index contributed by atoms with van der Waals surface area (Å²) in [5.41, 5.74) is -1.19. The third kappa shape index (κ3) is 2.89. The Labute approximate surface area is 203 Å². The van der Waals surface area contributed by atoms with Crippen molar-refractivity contribution in [2.45, 2.75) is 122 Å². The molecule has 6 aliphatic rings. The van der Waals surface area contributed by atoms with Crippen molar-refractivity contribution in [1.29, 1.82) is 0 Å². The van der Waals surface area contributed by atoms with Crippen LogP contribution in [0.4, 0.5) is 0 Å². The average molecular weight is 477 g/mol. The number of rotatable bonds is 1. The zero-order valence-corrected chi connectivity index (χ0v) is 21.5. The molecule has 2 aliphatic heterocycles. The van der Waals surface area contributed by atoms with E-state index in [2.05, 4.69) is 13.8 Å². The third-order valence-electron chi connectivity index (χ3n) is 12.2. The molecule has 1 spiro atoms. The van der Waals surface area contributed by atoms with Crippen LogP contribution in [0.1, 0.15) is 92.4 Å². The molecular weight excluding hydrogens is 432 g/mol. The van der Waals surface area contributed by atoms with Crippen molar-refractivity contribution in [2.75, 3.05) is 0 Å². The molecule has 6 nitrogen and oxygen atoms in total. The highest BCUT2D eigenvalue weighted by Crippen LogP contribution is 2.70. The van der Waals surface area contributed by atoms with E-state index in [9.17, 15) is 20.1 Å². The maximum absolute atomic E-state index is 13.6. The first-order valence-electron chi connectivity index (χ1n) is 13.8. The Morgan fingerprint density at radius 3 is 2.35 bits per heavy atom. The smallest absolute Gasteiger partial charge is 0.195 e.